The van der Waals surface area contributed by atoms with Gasteiger partial charge in [-0.1, -0.05) is 12.1 Å². The molecule has 0 saturated carbocycles. The number of nitrogens with two attached hydrogens (primary N) is 1. The molecule has 0 aliphatic heterocycles. The van der Waals surface area contributed by atoms with Crippen LogP contribution in [0.2, 0.25) is 0 Å². The van der Waals surface area contributed by atoms with Gasteiger partial charge in [0.05, 0.1) is 0 Å². The van der Waals surface area contributed by atoms with Crippen molar-refractivity contribution in [2.45, 2.75) is 6.61 Å². The Hall–Kier alpha value is -2.50. The number of halogens is 3. The van der Waals surface area contributed by atoms with Crippen molar-refractivity contribution in [3.05, 3.63) is 65.0 Å². The van der Waals surface area contributed by atoms with Crippen LogP contribution < -0.4 is 10.5 Å². The standard InChI is InChI=1S/C14H11F3N2O/c15-10-3-1-2-9(13(10)17)7-20-12-5-4-8(14(18)19)6-11(12)16/h1-6H,7H2,(H3,18,19). The van der Waals surface area contributed by atoms with Gasteiger partial charge in [0.15, 0.2) is 23.2 Å². The Labute approximate surface area is 113 Å². The van der Waals surface area contributed by atoms with Gasteiger partial charge in [0, 0.05) is 11.1 Å². The number of amidine groups is 1. The Bertz CT molecular complexity index is 659. The van der Waals surface area contributed by atoms with E-state index in [2.05, 4.69) is 0 Å². The summed E-state index contributed by atoms with van der Waals surface area (Å²) in [6.45, 7) is -0.306. The molecule has 0 saturated heterocycles. The second-order valence-electron chi connectivity index (χ2n) is 4.06. The van der Waals surface area contributed by atoms with E-state index in [1.807, 2.05) is 0 Å². The summed E-state index contributed by atoms with van der Waals surface area (Å²) in [5.41, 5.74) is 5.42. The highest BCUT2D eigenvalue weighted by atomic mass is 19.2. The van der Waals surface area contributed by atoms with Crippen molar-refractivity contribution in [2.75, 3.05) is 0 Å². The van der Waals surface area contributed by atoms with Crippen LogP contribution in [0, 0.1) is 22.9 Å². The van der Waals surface area contributed by atoms with Gasteiger partial charge < -0.3 is 10.5 Å². The highest BCUT2D eigenvalue weighted by molar-refractivity contribution is 5.95. The van der Waals surface area contributed by atoms with Crippen LogP contribution in [-0.2, 0) is 6.61 Å². The molecule has 3 nitrogen and oxygen atoms in total. The molecule has 2 aromatic rings. The van der Waals surface area contributed by atoms with Crippen LogP contribution in [0.15, 0.2) is 36.4 Å². The predicted molar refractivity (Wildman–Crippen MR) is 68.1 cm³/mol. The van der Waals surface area contributed by atoms with Crippen molar-refractivity contribution in [3.8, 4) is 5.75 Å². The van der Waals surface area contributed by atoms with Crippen LogP contribution in [0.5, 0.6) is 5.75 Å². The van der Waals surface area contributed by atoms with Crippen molar-refractivity contribution < 1.29 is 17.9 Å². The molecule has 3 N–H and O–H groups in total. The molecule has 0 unspecified atom stereocenters. The molecular formula is C14H11F3N2O. The maximum atomic E-state index is 13.6. The lowest BCUT2D eigenvalue weighted by Gasteiger charge is -2.09. The summed E-state index contributed by atoms with van der Waals surface area (Å²) >= 11 is 0. The molecule has 0 heterocycles. The SMILES string of the molecule is N=C(N)c1ccc(OCc2cccc(F)c2F)c(F)c1. The Morgan fingerprint density at radius 3 is 2.50 bits per heavy atom. The van der Waals surface area contributed by atoms with E-state index >= 15 is 0 Å². The van der Waals surface area contributed by atoms with Crippen LogP contribution in [0.1, 0.15) is 11.1 Å². The fourth-order valence-corrected chi connectivity index (χ4v) is 1.60. The molecule has 0 aliphatic carbocycles. The molecule has 2 rings (SSSR count). The largest absolute Gasteiger partial charge is 0.486 e. The first-order chi connectivity index (χ1) is 9.49. The molecular weight excluding hydrogens is 269 g/mol. The van der Waals surface area contributed by atoms with Crippen molar-refractivity contribution >= 4 is 5.84 Å². The second-order valence-corrected chi connectivity index (χ2v) is 4.06. The molecule has 104 valence electrons. The van der Waals surface area contributed by atoms with E-state index in [0.717, 1.165) is 12.1 Å². The Kier molecular flexibility index (Phi) is 3.93. The summed E-state index contributed by atoms with van der Waals surface area (Å²) in [6.07, 6.45) is 0. The lowest BCUT2D eigenvalue weighted by atomic mass is 10.2. The Balaban J connectivity index is 2.15. The molecule has 0 amide bonds. The van der Waals surface area contributed by atoms with Crippen LogP contribution in [0.4, 0.5) is 13.2 Å². The number of nitrogens with one attached hydrogen (secondary N) is 1. The minimum atomic E-state index is -1.02. The van der Waals surface area contributed by atoms with E-state index in [-0.39, 0.29) is 29.3 Å². The van der Waals surface area contributed by atoms with E-state index in [1.54, 1.807) is 0 Å². The predicted octanol–water partition coefficient (Wildman–Crippen LogP) is 2.97. The molecule has 20 heavy (non-hydrogen) atoms. The smallest absolute Gasteiger partial charge is 0.165 e. The second kappa shape index (κ2) is 5.64. The van der Waals surface area contributed by atoms with Crippen LogP contribution in [0.25, 0.3) is 0 Å². The third-order valence-corrected chi connectivity index (χ3v) is 2.66. The number of rotatable bonds is 4. The van der Waals surface area contributed by atoms with Gasteiger partial charge in [0.1, 0.15) is 12.4 Å². The summed E-state index contributed by atoms with van der Waals surface area (Å²) < 4.78 is 45.1. The van der Waals surface area contributed by atoms with Crippen molar-refractivity contribution in [3.63, 3.8) is 0 Å². The van der Waals surface area contributed by atoms with Gasteiger partial charge in [-0.05, 0) is 24.3 Å². The first kappa shape index (κ1) is 13.9. The van der Waals surface area contributed by atoms with Crippen LogP contribution in [-0.4, -0.2) is 5.84 Å². The molecule has 0 spiro atoms. The monoisotopic (exact) mass is 280 g/mol. The normalized spacial score (nSPS) is 10.3. The van der Waals surface area contributed by atoms with Crippen molar-refractivity contribution in [1.82, 2.24) is 0 Å². The first-order valence-electron chi connectivity index (χ1n) is 5.68. The lowest BCUT2D eigenvalue weighted by molar-refractivity contribution is 0.282. The molecule has 2 aromatic carbocycles. The van der Waals surface area contributed by atoms with Gasteiger partial charge in [0.25, 0.3) is 0 Å². The van der Waals surface area contributed by atoms with Crippen molar-refractivity contribution in [2.24, 2.45) is 5.73 Å². The number of hydrogen-bond acceptors (Lipinski definition) is 2. The van der Waals surface area contributed by atoms with Gasteiger partial charge in [-0.3, -0.25) is 5.41 Å². The summed E-state index contributed by atoms with van der Waals surface area (Å²) in [6, 6.07) is 7.40. The van der Waals surface area contributed by atoms with E-state index < -0.39 is 17.5 Å². The summed E-state index contributed by atoms with van der Waals surface area (Å²) in [7, 11) is 0. The minimum Gasteiger partial charge on any atom is -0.486 e. The fourth-order valence-electron chi connectivity index (χ4n) is 1.60. The Morgan fingerprint density at radius 1 is 1.10 bits per heavy atom. The first-order valence-corrected chi connectivity index (χ1v) is 5.68. The lowest BCUT2D eigenvalue weighted by Crippen LogP contribution is -2.11. The number of ether oxygens (including phenoxy) is 1. The third-order valence-electron chi connectivity index (χ3n) is 2.66. The average Bonchev–Trinajstić information content (AvgIpc) is 2.41. The maximum Gasteiger partial charge on any atom is 0.165 e. The molecule has 0 aliphatic rings. The minimum absolute atomic E-state index is 0.0138. The van der Waals surface area contributed by atoms with Gasteiger partial charge >= 0.3 is 0 Å². The maximum absolute atomic E-state index is 13.6. The number of hydrogen-bond donors (Lipinski definition) is 2. The summed E-state index contributed by atoms with van der Waals surface area (Å²) in [4.78, 5) is 0. The summed E-state index contributed by atoms with van der Waals surface area (Å²) in [5, 5.41) is 7.17. The zero-order valence-electron chi connectivity index (χ0n) is 10.3. The number of nitrogen functional groups attached to an aromatic ring is 1. The molecule has 0 fully saturated rings. The van der Waals surface area contributed by atoms with Gasteiger partial charge in [0.2, 0.25) is 0 Å². The average molecular weight is 280 g/mol. The third kappa shape index (κ3) is 2.90. The van der Waals surface area contributed by atoms with Crippen LogP contribution >= 0.6 is 0 Å². The highest BCUT2D eigenvalue weighted by Crippen LogP contribution is 2.20. The van der Waals surface area contributed by atoms with Gasteiger partial charge in [-0.2, -0.15) is 0 Å². The number of benzene rings is 2. The zero-order chi connectivity index (χ0) is 14.7. The van der Waals surface area contributed by atoms with Gasteiger partial charge in [-0.25, -0.2) is 13.2 Å². The highest BCUT2D eigenvalue weighted by Gasteiger charge is 2.10. The van der Waals surface area contributed by atoms with Gasteiger partial charge in [-0.15, -0.1) is 0 Å². The van der Waals surface area contributed by atoms with Crippen LogP contribution in [0.3, 0.4) is 0 Å². The van der Waals surface area contributed by atoms with E-state index in [1.165, 1.54) is 24.3 Å². The molecule has 0 atom stereocenters. The topological polar surface area (TPSA) is 59.1 Å². The Morgan fingerprint density at radius 2 is 1.85 bits per heavy atom. The molecule has 0 radical (unpaired) electrons. The fraction of sp³-hybridized carbons (Fsp3) is 0.0714. The molecule has 0 bridgehead atoms. The van der Waals surface area contributed by atoms with E-state index in [0.29, 0.717) is 0 Å². The molecule has 0 aromatic heterocycles. The zero-order valence-corrected chi connectivity index (χ0v) is 10.3. The van der Waals surface area contributed by atoms with E-state index in [9.17, 15) is 13.2 Å². The van der Waals surface area contributed by atoms with Crippen molar-refractivity contribution in [1.29, 1.82) is 5.41 Å². The quantitative estimate of drug-likeness (QED) is 0.668. The molecule has 6 heteroatoms. The van der Waals surface area contributed by atoms with E-state index in [4.69, 9.17) is 15.9 Å². The summed E-state index contributed by atoms with van der Waals surface area (Å²) in [5.74, 6) is -3.13.